The molecule has 0 aromatic heterocycles. The molecule has 2 aliphatic rings. The van der Waals surface area contributed by atoms with Crippen LogP contribution in [-0.2, 0) is 20.7 Å². The summed E-state index contributed by atoms with van der Waals surface area (Å²) in [5.41, 5.74) is 2.35. The Kier molecular flexibility index (Phi) is 6.28. The summed E-state index contributed by atoms with van der Waals surface area (Å²) in [6.07, 6.45) is 4.94. The first kappa shape index (κ1) is 17.7. The van der Waals surface area contributed by atoms with Crippen LogP contribution in [0.15, 0.2) is 24.3 Å². The number of nitrogens with zero attached hydrogens (tertiary/aromatic N) is 1. The molecule has 25 heavy (non-hydrogen) atoms. The molecule has 1 saturated carbocycles. The zero-order valence-corrected chi connectivity index (χ0v) is 14.6. The van der Waals surface area contributed by atoms with Gasteiger partial charge >= 0.3 is 11.8 Å². The van der Waals surface area contributed by atoms with Crippen molar-refractivity contribution in [2.75, 3.05) is 37.7 Å². The minimum atomic E-state index is -0.531. The van der Waals surface area contributed by atoms with Crippen LogP contribution in [0.2, 0.25) is 0 Å². The van der Waals surface area contributed by atoms with Gasteiger partial charge in [-0.3, -0.25) is 9.59 Å². The maximum Gasteiger partial charge on any atom is 0.309 e. The Morgan fingerprint density at radius 1 is 1.04 bits per heavy atom. The molecule has 0 atom stereocenters. The van der Waals surface area contributed by atoms with Gasteiger partial charge in [0.1, 0.15) is 0 Å². The van der Waals surface area contributed by atoms with Gasteiger partial charge in [-0.2, -0.15) is 0 Å². The number of hydrogen-bond donors (Lipinski definition) is 2. The second kappa shape index (κ2) is 8.85. The number of morpholine rings is 1. The number of hydrogen-bond acceptors (Lipinski definition) is 4. The fourth-order valence-electron chi connectivity index (χ4n) is 3.42. The molecule has 1 aromatic carbocycles. The maximum absolute atomic E-state index is 11.8. The molecule has 6 heteroatoms. The SMILES string of the molecule is O=C(NCCc1ccc(N2CCOCC2)cc1)C(=O)NC1CCCC1. The highest BCUT2D eigenvalue weighted by atomic mass is 16.5. The van der Waals surface area contributed by atoms with E-state index in [9.17, 15) is 9.59 Å². The molecule has 1 aliphatic heterocycles. The third-order valence-electron chi connectivity index (χ3n) is 4.91. The lowest BCUT2D eigenvalue weighted by Crippen LogP contribution is -2.44. The van der Waals surface area contributed by atoms with E-state index in [2.05, 4.69) is 39.8 Å². The molecule has 0 unspecified atom stereocenters. The van der Waals surface area contributed by atoms with E-state index < -0.39 is 11.8 Å². The molecule has 0 radical (unpaired) electrons. The Bertz CT molecular complexity index is 576. The van der Waals surface area contributed by atoms with E-state index >= 15 is 0 Å². The number of amides is 2. The van der Waals surface area contributed by atoms with E-state index in [1.807, 2.05) is 0 Å². The number of ether oxygens (including phenoxy) is 1. The molecule has 2 amide bonds. The van der Waals surface area contributed by atoms with Gasteiger partial charge in [0, 0.05) is 31.4 Å². The van der Waals surface area contributed by atoms with E-state index in [1.165, 1.54) is 5.69 Å². The summed E-state index contributed by atoms with van der Waals surface area (Å²) in [4.78, 5) is 26.0. The van der Waals surface area contributed by atoms with Crippen molar-refractivity contribution in [1.29, 1.82) is 0 Å². The molecule has 0 spiro atoms. The number of carbonyl (C=O) groups excluding carboxylic acids is 2. The zero-order valence-electron chi connectivity index (χ0n) is 14.6. The highest BCUT2D eigenvalue weighted by Gasteiger charge is 2.21. The molecule has 6 nitrogen and oxygen atoms in total. The fourth-order valence-corrected chi connectivity index (χ4v) is 3.42. The molecule has 0 bridgehead atoms. The van der Waals surface area contributed by atoms with Gasteiger partial charge in [-0.25, -0.2) is 0 Å². The highest BCUT2D eigenvalue weighted by Crippen LogP contribution is 2.18. The summed E-state index contributed by atoms with van der Waals surface area (Å²) in [7, 11) is 0. The van der Waals surface area contributed by atoms with Gasteiger partial charge in [0.05, 0.1) is 13.2 Å². The molecule has 3 rings (SSSR count). The molecular weight excluding hydrogens is 318 g/mol. The number of rotatable bonds is 5. The van der Waals surface area contributed by atoms with E-state index in [4.69, 9.17) is 4.74 Å². The number of carbonyl (C=O) groups is 2. The van der Waals surface area contributed by atoms with Gasteiger partial charge in [-0.05, 0) is 37.0 Å². The van der Waals surface area contributed by atoms with Crippen molar-refractivity contribution in [2.45, 2.75) is 38.1 Å². The summed E-state index contributed by atoms with van der Waals surface area (Å²) in [5.74, 6) is -1.04. The quantitative estimate of drug-likeness (QED) is 0.788. The molecule has 136 valence electrons. The molecule has 1 heterocycles. The van der Waals surface area contributed by atoms with Crippen LogP contribution < -0.4 is 15.5 Å². The highest BCUT2D eigenvalue weighted by molar-refractivity contribution is 6.35. The van der Waals surface area contributed by atoms with Crippen molar-refractivity contribution in [3.8, 4) is 0 Å². The Balaban J connectivity index is 1.39. The normalized spacial score (nSPS) is 18.2. The van der Waals surface area contributed by atoms with Gasteiger partial charge in [0.15, 0.2) is 0 Å². The van der Waals surface area contributed by atoms with Crippen LogP contribution in [0.5, 0.6) is 0 Å². The van der Waals surface area contributed by atoms with Crippen molar-refractivity contribution in [2.24, 2.45) is 0 Å². The van der Waals surface area contributed by atoms with Gasteiger partial charge in [0.25, 0.3) is 0 Å². The van der Waals surface area contributed by atoms with Crippen molar-refractivity contribution in [1.82, 2.24) is 10.6 Å². The minimum Gasteiger partial charge on any atom is -0.378 e. The lowest BCUT2D eigenvalue weighted by molar-refractivity contribution is -0.139. The summed E-state index contributed by atoms with van der Waals surface area (Å²) in [6, 6.07) is 8.54. The van der Waals surface area contributed by atoms with Crippen LogP contribution in [0.4, 0.5) is 5.69 Å². The first-order chi connectivity index (χ1) is 12.2. The Hall–Kier alpha value is -2.08. The molecule has 1 aliphatic carbocycles. The van der Waals surface area contributed by atoms with Gasteiger partial charge in [0.2, 0.25) is 0 Å². The zero-order chi connectivity index (χ0) is 17.5. The third-order valence-corrected chi connectivity index (χ3v) is 4.91. The molecule has 1 aromatic rings. The smallest absolute Gasteiger partial charge is 0.309 e. The largest absolute Gasteiger partial charge is 0.378 e. The first-order valence-corrected chi connectivity index (χ1v) is 9.23. The summed E-state index contributed by atoms with van der Waals surface area (Å²) >= 11 is 0. The second-order valence-corrected chi connectivity index (χ2v) is 6.73. The number of nitrogens with one attached hydrogen (secondary N) is 2. The summed E-state index contributed by atoms with van der Waals surface area (Å²) in [6.45, 7) is 3.86. The number of anilines is 1. The van der Waals surface area contributed by atoms with E-state index in [-0.39, 0.29) is 6.04 Å². The topological polar surface area (TPSA) is 70.7 Å². The third kappa shape index (κ3) is 5.19. The predicted molar refractivity (Wildman–Crippen MR) is 96.6 cm³/mol. The molecule has 2 N–H and O–H groups in total. The number of benzene rings is 1. The Labute approximate surface area is 148 Å². The maximum atomic E-state index is 11.8. The van der Waals surface area contributed by atoms with Crippen LogP contribution in [0, 0.1) is 0 Å². The van der Waals surface area contributed by atoms with Gasteiger partial charge < -0.3 is 20.3 Å². The average Bonchev–Trinajstić information content (AvgIpc) is 3.16. The standard InChI is InChI=1S/C19H27N3O3/c23-18(19(24)21-16-3-1-2-4-16)20-10-9-15-5-7-17(8-6-15)22-11-13-25-14-12-22/h5-8,16H,1-4,9-14H2,(H,20,23)(H,21,24). The molecular formula is C19H27N3O3. The van der Waals surface area contributed by atoms with Crippen molar-refractivity contribution < 1.29 is 14.3 Å². The summed E-state index contributed by atoms with van der Waals surface area (Å²) in [5, 5.41) is 5.51. The van der Waals surface area contributed by atoms with E-state index in [1.54, 1.807) is 0 Å². The monoisotopic (exact) mass is 345 g/mol. The van der Waals surface area contributed by atoms with Crippen LogP contribution in [-0.4, -0.2) is 50.7 Å². The van der Waals surface area contributed by atoms with Crippen molar-refractivity contribution in [3.63, 3.8) is 0 Å². The van der Waals surface area contributed by atoms with Crippen molar-refractivity contribution in [3.05, 3.63) is 29.8 Å². The van der Waals surface area contributed by atoms with Crippen LogP contribution in [0.25, 0.3) is 0 Å². The minimum absolute atomic E-state index is 0.172. The van der Waals surface area contributed by atoms with Crippen molar-refractivity contribution >= 4 is 17.5 Å². The van der Waals surface area contributed by atoms with E-state index in [0.29, 0.717) is 13.0 Å². The Morgan fingerprint density at radius 2 is 1.72 bits per heavy atom. The second-order valence-electron chi connectivity index (χ2n) is 6.73. The average molecular weight is 345 g/mol. The lowest BCUT2D eigenvalue weighted by Gasteiger charge is -2.28. The van der Waals surface area contributed by atoms with Gasteiger partial charge in [-0.1, -0.05) is 25.0 Å². The predicted octanol–water partition coefficient (Wildman–Crippen LogP) is 1.24. The Morgan fingerprint density at radius 3 is 2.40 bits per heavy atom. The van der Waals surface area contributed by atoms with E-state index in [0.717, 1.165) is 57.6 Å². The van der Waals surface area contributed by atoms with Crippen LogP contribution >= 0.6 is 0 Å². The lowest BCUT2D eigenvalue weighted by atomic mass is 10.1. The molecule has 1 saturated heterocycles. The fraction of sp³-hybridized carbons (Fsp3) is 0.579. The van der Waals surface area contributed by atoms with Crippen LogP contribution in [0.3, 0.4) is 0 Å². The van der Waals surface area contributed by atoms with Gasteiger partial charge in [-0.15, -0.1) is 0 Å². The summed E-state index contributed by atoms with van der Waals surface area (Å²) < 4.78 is 5.37. The molecule has 2 fully saturated rings. The first-order valence-electron chi connectivity index (χ1n) is 9.23. The van der Waals surface area contributed by atoms with Crippen LogP contribution in [0.1, 0.15) is 31.2 Å².